The van der Waals surface area contributed by atoms with Gasteiger partial charge in [-0.15, -0.1) is 23.2 Å². The van der Waals surface area contributed by atoms with Crippen LogP contribution in [0, 0.1) is 0 Å². The summed E-state index contributed by atoms with van der Waals surface area (Å²) in [6.45, 7) is 1.37. The van der Waals surface area contributed by atoms with E-state index in [0.29, 0.717) is 5.75 Å². The summed E-state index contributed by atoms with van der Waals surface area (Å²) < 4.78 is 5.14. The number of benzene rings is 2. The highest BCUT2D eigenvalue weighted by atomic mass is 35.5. The van der Waals surface area contributed by atoms with E-state index in [1.807, 2.05) is 24.3 Å². The van der Waals surface area contributed by atoms with E-state index < -0.39 is 4.84 Å². The molecule has 0 N–H and O–H groups in total. The molecule has 0 bridgehead atoms. The van der Waals surface area contributed by atoms with Gasteiger partial charge in [0.15, 0.2) is 0 Å². The largest absolute Gasteiger partial charge is 0.426 e. The minimum Gasteiger partial charge on any atom is -0.426 e. The van der Waals surface area contributed by atoms with Gasteiger partial charge < -0.3 is 4.74 Å². The fourth-order valence-corrected chi connectivity index (χ4v) is 2.11. The molecule has 0 aliphatic rings. The maximum Gasteiger partial charge on any atom is 0.308 e. The second-order valence-corrected chi connectivity index (χ2v) is 4.69. The van der Waals surface area contributed by atoms with Gasteiger partial charge in [-0.05, 0) is 17.0 Å². The zero-order valence-corrected chi connectivity index (χ0v) is 10.6. The fraction of sp³-hybridized carbons (Fsp3) is 0.154. The van der Waals surface area contributed by atoms with Gasteiger partial charge in [0.05, 0.1) is 0 Å². The van der Waals surface area contributed by atoms with Crippen molar-refractivity contribution >= 4 is 39.9 Å². The number of rotatable bonds is 2. The molecule has 0 saturated carbocycles. The highest BCUT2D eigenvalue weighted by Gasteiger charge is 2.12. The van der Waals surface area contributed by atoms with Crippen LogP contribution >= 0.6 is 23.2 Å². The van der Waals surface area contributed by atoms with Crippen LogP contribution in [0.5, 0.6) is 5.75 Å². The van der Waals surface area contributed by atoms with Crippen LogP contribution in [0.1, 0.15) is 17.3 Å². The maximum atomic E-state index is 11.0. The SMILES string of the molecule is CC(=O)Oc1ccc(C(Cl)Cl)c2ccccc12. The first-order chi connectivity index (χ1) is 8.09. The van der Waals surface area contributed by atoms with E-state index in [1.165, 1.54) is 6.92 Å². The maximum absolute atomic E-state index is 11.0. The van der Waals surface area contributed by atoms with Crippen LogP contribution in [0.25, 0.3) is 10.8 Å². The second-order valence-electron chi connectivity index (χ2n) is 3.59. The lowest BCUT2D eigenvalue weighted by Gasteiger charge is -2.11. The standard InChI is InChI=1S/C13H10Cl2O2/c1-8(16)17-12-7-6-11(13(14)15)9-4-2-3-5-10(9)12/h2-7,13H,1H3. The van der Waals surface area contributed by atoms with Crippen molar-refractivity contribution in [1.29, 1.82) is 0 Å². The molecule has 17 heavy (non-hydrogen) atoms. The molecule has 0 fully saturated rings. The lowest BCUT2D eigenvalue weighted by Crippen LogP contribution is -2.02. The molecule has 0 saturated heterocycles. The Kier molecular flexibility index (Phi) is 3.55. The van der Waals surface area contributed by atoms with Gasteiger partial charge in [0.2, 0.25) is 0 Å². The van der Waals surface area contributed by atoms with E-state index in [9.17, 15) is 4.79 Å². The van der Waals surface area contributed by atoms with E-state index in [4.69, 9.17) is 27.9 Å². The molecule has 0 heterocycles. The van der Waals surface area contributed by atoms with Gasteiger partial charge >= 0.3 is 5.97 Å². The zero-order chi connectivity index (χ0) is 12.4. The molecule has 0 radical (unpaired) electrons. The van der Waals surface area contributed by atoms with Crippen molar-refractivity contribution in [2.75, 3.05) is 0 Å². The van der Waals surface area contributed by atoms with Gasteiger partial charge in [-0.1, -0.05) is 30.3 Å². The van der Waals surface area contributed by atoms with Crippen LogP contribution in [0.2, 0.25) is 0 Å². The Labute approximate surface area is 109 Å². The molecule has 0 aliphatic heterocycles. The van der Waals surface area contributed by atoms with Crippen LogP contribution in [-0.4, -0.2) is 5.97 Å². The van der Waals surface area contributed by atoms with E-state index in [1.54, 1.807) is 12.1 Å². The molecule has 2 aromatic rings. The van der Waals surface area contributed by atoms with E-state index >= 15 is 0 Å². The molecule has 88 valence electrons. The number of carbonyl (C=O) groups excluding carboxylic acids is 1. The first-order valence-electron chi connectivity index (χ1n) is 5.08. The number of ether oxygens (including phenoxy) is 1. The van der Waals surface area contributed by atoms with Crippen molar-refractivity contribution in [3.05, 3.63) is 42.0 Å². The topological polar surface area (TPSA) is 26.3 Å². The minimum atomic E-state index is -0.605. The molecule has 2 aromatic carbocycles. The third-order valence-electron chi connectivity index (χ3n) is 2.41. The predicted molar refractivity (Wildman–Crippen MR) is 69.7 cm³/mol. The molecule has 2 rings (SSSR count). The lowest BCUT2D eigenvalue weighted by atomic mass is 10.0. The molecule has 0 amide bonds. The summed E-state index contributed by atoms with van der Waals surface area (Å²) >= 11 is 11.8. The summed E-state index contributed by atoms with van der Waals surface area (Å²) in [6.07, 6.45) is 0. The number of halogens is 2. The number of hydrogen-bond donors (Lipinski definition) is 0. The number of esters is 1. The van der Waals surface area contributed by atoms with Gasteiger partial charge in [0.1, 0.15) is 10.6 Å². The molecule has 0 spiro atoms. The van der Waals surface area contributed by atoms with Crippen molar-refractivity contribution in [3.8, 4) is 5.75 Å². The summed E-state index contributed by atoms with van der Waals surface area (Å²) in [6, 6.07) is 11.0. The molecule has 2 nitrogen and oxygen atoms in total. The van der Waals surface area contributed by atoms with Gasteiger partial charge in [0, 0.05) is 12.3 Å². The lowest BCUT2D eigenvalue weighted by molar-refractivity contribution is -0.131. The summed E-state index contributed by atoms with van der Waals surface area (Å²) in [5.74, 6) is 0.169. The second kappa shape index (κ2) is 4.94. The summed E-state index contributed by atoms with van der Waals surface area (Å²) in [4.78, 5) is 10.4. The zero-order valence-electron chi connectivity index (χ0n) is 9.11. The smallest absolute Gasteiger partial charge is 0.308 e. The Hall–Kier alpha value is -1.25. The van der Waals surface area contributed by atoms with Crippen LogP contribution in [0.3, 0.4) is 0 Å². The van der Waals surface area contributed by atoms with Crippen LogP contribution in [-0.2, 0) is 4.79 Å². The third-order valence-corrected chi connectivity index (χ3v) is 2.88. The Bertz CT molecular complexity index is 564. The summed E-state index contributed by atoms with van der Waals surface area (Å²) in [5.41, 5.74) is 0.805. The van der Waals surface area contributed by atoms with Crippen LogP contribution in [0.15, 0.2) is 36.4 Å². The van der Waals surface area contributed by atoms with Gasteiger partial charge in [-0.2, -0.15) is 0 Å². The molecular formula is C13H10Cl2O2. The van der Waals surface area contributed by atoms with Crippen molar-refractivity contribution in [2.45, 2.75) is 11.8 Å². The van der Waals surface area contributed by atoms with Gasteiger partial charge in [0.25, 0.3) is 0 Å². The molecule has 0 unspecified atom stereocenters. The highest BCUT2D eigenvalue weighted by Crippen LogP contribution is 2.35. The first-order valence-corrected chi connectivity index (χ1v) is 5.95. The summed E-state index contributed by atoms with van der Waals surface area (Å²) in [7, 11) is 0. The van der Waals surface area contributed by atoms with Crippen molar-refractivity contribution in [2.24, 2.45) is 0 Å². The third kappa shape index (κ3) is 2.54. The Morgan fingerprint density at radius 1 is 1.12 bits per heavy atom. The number of hydrogen-bond acceptors (Lipinski definition) is 2. The monoisotopic (exact) mass is 268 g/mol. The first kappa shape index (κ1) is 12.2. The Morgan fingerprint density at radius 3 is 2.35 bits per heavy atom. The average molecular weight is 269 g/mol. The Balaban J connectivity index is 2.66. The van der Waals surface area contributed by atoms with Crippen molar-refractivity contribution in [3.63, 3.8) is 0 Å². The fourth-order valence-electron chi connectivity index (χ4n) is 1.73. The normalized spacial score (nSPS) is 10.8. The van der Waals surface area contributed by atoms with E-state index in [2.05, 4.69) is 0 Å². The quantitative estimate of drug-likeness (QED) is 0.463. The number of alkyl halides is 2. The van der Waals surface area contributed by atoms with E-state index in [0.717, 1.165) is 16.3 Å². The van der Waals surface area contributed by atoms with Crippen molar-refractivity contribution in [1.82, 2.24) is 0 Å². The van der Waals surface area contributed by atoms with E-state index in [-0.39, 0.29) is 5.97 Å². The molecule has 4 heteroatoms. The number of carbonyl (C=O) groups is 1. The van der Waals surface area contributed by atoms with Gasteiger partial charge in [-0.3, -0.25) is 4.79 Å². The molecule has 0 aliphatic carbocycles. The predicted octanol–water partition coefficient (Wildman–Crippen LogP) is 4.24. The van der Waals surface area contributed by atoms with Crippen molar-refractivity contribution < 1.29 is 9.53 Å². The van der Waals surface area contributed by atoms with Gasteiger partial charge in [-0.25, -0.2) is 0 Å². The highest BCUT2D eigenvalue weighted by molar-refractivity contribution is 6.44. The van der Waals surface area contributed by atoms with Crippen LogP contribution < -0.4 is 4.74 Å². The molecular weight excluding hydrogens is 259 g/mol. The Morgan fingerprint density at radius 2 is 1.76 bits per heavy atom. The average Bonchev–Trinajstić information content (AvgIpc) is 2.28. The molecule has 0 aromatic heterocycles. The number of fused-ring (bicyclic) bond motifs is 1. The minimum absolute atomic E-state index is 0.351. The van der Waals surface area contributed by atoms with Crippen LogP contribution in [0.4, 0.5) is 0 Å². The molecule has 0 atom stereocenters. The summed E-state index contributed by atoms with van der Waals surface area (Å²) in [5, 5.41) is 1.72.